The van der Waals surface area contributed by atoms with E-state index < -0.39 is 0 Å². The lowest BCUT2D eigenvalue weighted by atomic mass is 9.77. The Labute approximate surface area is 236 Å². The number of rotatable bonds is 12. The summed E-state index contributed by atoms with van der Waals surface area (Å²) < 4.78 is 0. The van der Waals surface area contributed by atoms with Gasteiger partial charge >= 0.3 is 0 Å². The van der Waals surface area contributed by atoms with Crippen LogP contribution in [0.5, 0.6) is 0 Å². The van der Waals surface area contributed by atoms with Gasteiger partial charge in [0.15, 0.2) is 0 Å². The minimum Gasteiger partial charge on any atom is -0.379 e. The van der Waals surface area contributed by atoms with Gasteiger partial charge in [-0.1, -0.05) is 78.8 Å². The molecule has 3 atom stereocenters. The molecule has 2 unspecified atom stereocenters. The highest BCUT2D eigenvalue weighted by Gasteiger charge is 2.26. The third-order valence-electron chi connectivity index (χ3n) is 6.79. The van der Waals surface area contributed by atoms with Gasteiger partial charge in [-0.2, -0.15) is 0 Å². The van der Waals surface area contributed by atoms with Gasteiger partial charge in [-0.3, -0.25) is 9.79 Å². The zero-order chi connectivity index (χ0) is 28.9. The van der Waals surface area contributed by atoms with Crippen molar-refractivity contribution in [3.8, 4) is 0 Å². The lowest BCUT2D eigenvalue weighted by molar-refractivity contribution is -0.117. The number of hydrogen-bond acceptors (Lipinski definition) is 4. The summed E-state index contributed by atoms with van der Waals surface area (Å²) in [4.78, 5) is 19.8. The highest BCUT2D eigenvalue weighted by molar-refractivity contribution is 5.91. The van der Waals surface area contributed by atoms with Crippen LogP contribution in [-0.4, -0.2) is 36.7 Å². The van der Waals surface area contributed by atoms with Crippen LogP contribution in [0.3, 0.4) is 0 Å². The number of hydrogen-bond donors (Lipinski definition) is 2. The van der Waals surface area contributed by atoms with Gasteiger partial charge in [-0.15, -0.1) is 0 Å². The Morgan fingerprint density at radius 3 is 2.42 bits per heavy atom. The number of carbonyl (C=O) groups excluding carboxylic acids is 1. The van der Waals surface area contributed by atoms with Crippen molar-refractivity contribution in [3.05, 3.63) is 65.5 Å². The molecule has 2 N–H and O–H groups in total. The molecule has 0 saturated carbocycles. The average molecular weight is 527 g/mol. The first kappa shape index (κ1) is 33.4. The van der Waals surface area contributed by atoms with Crippen LogP contribution in [0, 0.1) is 17.3 Å². The maximum atomic E-state index is 12.9. The summed E-state index contributed by atoms with van der Waals surface area (Å²) in [7, 11) is 2.07. The Balaban J connectivity index is 0. The normalized spacial score (nSPS) is 19.2. The van der Waals surface area contributed by atoms with Crippen molar-refractivity contribution < 1.29 is 7.65 Å². The summed E-state index contributed by atoms with van der Waals surface area (Å²) in [6.07, 6.45) is 12.1. The van der Waals surface area contributed by atoms with Crippen LogP contribution in [0.4, 0.5) is 5.69 Å². The Morgan fingerprint density at radius 1 is 1.18 bits per heavy atom. The number of nitrogens with one attached hydrogen (secondary N) is 2. The van der Waals surface area contributed by atoms with Crippen molar-refractivity contribution in [2.24, 2.45) is 22.2 Å². The van der Waals surface area contributed by atoms with Crippen LogP contribution in [0.1, 0.15) is 96.5 Å². The summed E-state index contributed by atoms with van der Waals surface area (Å²) in [6, 6.07) is 8.34. The van der Waals surface area contributed by atoms with E-state index in [9.17, 15) is 4.79 Å². The zero-order valence-electron chi connectivity index (χ0n) is 25.9. The molecule has 5 nitrogen and oxygen atoms in total. The first-order valence-electron chi connectivity index (χ1n) is 14.4. The standard InChI is InChI=1S/C31H48N4O.C2H6.2H2/c1-10-35(9)21-29(23(4)5)32-20-24(6)33-25(7)27-12-11-13-28(18-27)34-30(36)19-31(8)16-14-26(15-17-31)22(2)3;1-2;;/h11-16,18,20-25,33H,10,17,19H2,1-9H3,(H,34,36);1-2H3;2*1H/b29-21+,32-20?;;;/t24?,25-,31?;;;/m0.../s1. The number of anilines is 1. The predicted octanol–water partition coefficient (Wildman–Crippen LogP) is 8.64. The smallest absolute Gasteiger partial charge is 0.225 e. The fourth-order valence-corrected chi connectivity index (χ4v) is 4.18. The SMILES string of the molecule is CC.CCN(C)/C=C(/N=CC(C)N[C@@H](C)c1cccc(NC(=O)CC2(C)C=CC(C(C)C)=CC2)c1)C(C)C.[HH].[HH]. The fourth-order valence-electron chi connectivity index (χ4n) is 4.18. The van der Waals surface area contributed by atoms with Gasteiger partial charge in [0.2, 0.25) is 5.91 Å². The second kappa shape index (κ2) is 16.3. The molecule has 0 radical (unpaired) electrons. The second-order valence-electron chi connectivity index (χ2n) is 11.1. The highest BCUT2D eigenvalue weighted by Crippen LogP contribution is 2.35. The zero-order valence-corrected chi connectivity index (χ0v) is 25.9. The molecule has 2 rings (SSSR count). The Bertz CT molecular complexity index is 1000. The Morgan fingerprint density at radius 2 is 1.87 bits per heavy atom. The topological polar surface area (TPSA) is 56.7 Å². The predicted molar refractivity (Wildman–Crippen MR) is 171 cm³/mol. The molecule has 1 aromatic rings. The molecule has 38 heavy (non-hydrogen) atoms. The van der Waals surface area contributed by atoms with Gasteiger partial charge < -0.3 is 15.5 Å². The van der Waals surface area contributed by atoms with Gasteiger partial charge in [-0.05, 0) is 67.7 Å². The van der Waals surface area contributed by atoms with Crippen molar-refractivity contribution in [2.45, 2.75) is 94.2 Å². The van der Waals surface area contributed by atoms with Crippen LogP contribution in [0.2, 0.25) is 0 Å². The van der Waals surface area contributed by atoms with E-state index in [4.69, 9.17) is 4.99 Å². The number of allylic oxidation sites excluding steroid dienone is 5. The summed E-state index contributed by atoms with van der Waals surface area (Å²) in [5, 5.41) is 6.72. The number of carbonyl (C=O) groups is 1. The van der Waals surface area contributed by atoms with Crippen molar-refractivity contribution >= 4 is 17.8 Å². The number of benzene rings is 1. The van der Waals surface area contributed by atoms with E-state index in [1.165, 1.54) is 5.57 Å². The van der Waals surface area contributed by atoms with E-state index in [0.717, 1.165) is 29.9 Å². The first-order chi connectivity index (χ1) is 17.9. The molecule has 1 aliphatic carbocycles. The van der Waals surface area contributed by atoms with Crippen LogP contribution < -0.4 is 10.6 Å². The molecule has 0 aliphatic heterocycles. The van der Waals surface area contributed by atoms with Crippen molar-refractivity contribution in [1.29, 1.82) is 0 Å². The molecule has 1 aromatic carbocycles. The lowest BCUT2D eigenvalue weighted by Crippen LogP contribution is -2.30. The third kappa shape index (κ3) is 11.4. The van der Waals surface area contributed by atoms with Gasteiger partial charge in [0.05, 0.1) is 5.70 Å². The minimum atomic E-state index is -0.140. The van der Waals surface area contributed by atoms with E-state index in [1.54, 1.807) is 0 Å². The van der Waals surface area contributed by atoms with Gasteiger partial charge in [-0.25, -0.2) is 0 Å². The second-order valence-corrected chi connectivity index (χ2v) is 11.1. The minimum absolute atomic E-state index is 0. The fraction of sp³-hybridized carbons (Fsp3) is 0.576. The summed E-state index contributed by atoms with van der Waals surface area (Å²) in [5.74, 6) is 0.926. The van der Waals surface area contributed by atoms with Crippen LogP contribution in [0.25, 0.3) is 0 Å². The maximum Gasteiger partial charge on any atom is 0.225 e. The number of aliphatic imine (C=N–C) groups is 1. The molecule has 0 aromatic heterocycles. The summed E-state index contributed by atoms with van der Waals surface area (Å²) in [5.41, 5.74) is 4.25. The molecule has 0 spiro atoms. The summed E-state index contributed by atoms with van der Waals surface area (Å²) in [6.45, 7) is 22.2. The quantitative estimate of drug-likeness (QED) is 0.268. The van der Waals surface area contributed by atoms with E-state index in [2.05, 4.69) is 115 Å². The molecule has 0 bridgehead atoms. The van der Waals surface area contributed by atoms with E-state index in [-0.39, 0.29) is 26.3 Å². The monoisotopic (exact) mass is 526 g/mol. The van der Waals surface area contributed by atoms with Crippen molar-refractivity contribution in [1.82, 2.24) is 10.2 Å². The van der Waals surface area contributed by atoms with Crippen molar-refractivity contribution in [3.63, 3.8) is 0 Å². The molecule has 0 saturated heterocycles. The van der Waals surface area contributed by atoms with Gasteiger partial charge in [0.25, 0.3) is 0 Å². The highest BCUT2D eigenvalue weighted by atomic mass is 16.1. The Hall–Kier alpha value is -2.66. The molecule has 1 aliphatic rings. The summed E-state index contributed by atoms with van der Waals surface area (Å²) >= 11 is 0. The number of amides is 1. The van der Waals surface area contributed by atoms with Crippen molar-refractivity contribution in [2.75, 3.05) is 18.9 Å². The lowest BCUT2D eigenvalue weighted by Gasteiger charge is -2.28. The molecule has 0 fully saturated rings. The van der Waals surface area contributed by atoms with Crippen LogP contribution in [-0.2, 0) is 4.79 Å². The van der Waals surface area contributed by atoms with E-state index in [0.29, 0.717) is 18.3 Å². The van der Waals surface area contributed by atoms with Crippen LogP contribution >= 0.6 is 0 Å². The van der Waals surface area contributed by atoms with E-state index >= 15 is 0 Å². The molecular formula is C33H58N4O. The molecule has 1 amide bonds. The Kier molecular flexibility index (Phi) is 14.3. The maximum absolute atomic E-state index is 12.9. The molecule has 0 heterocycles. The third-order valence-corrected chi connectivity index (χ3v) is 6.79. The number of nitrogens with zero attached hydrogens (tertiary/aromatic N) is 2. The van der Waals surface area contributed by atoms with E-state index in [1.807, 2.05) is 32.2 Å². The molecule has 5 heteroatoms. The molecular weight excluding hydrogens is 468 g/mol. The largest absolute Gasteiger partial charge is 0.379 e. The van der Waals surface area contributed by atoms with Crippen LogP contribution in [0.15, 0.2) is 65.0 Å². The van der Waals surface area contributed by atoms with Gasteiger partial charge in [0, 0.05) is 53.1 Å². The molecule has 216 valence electrons. The van der Waals surface area contributed by atoms with Gasteiger partial charge in [0.1, 0.15) is 0 Å². The first-order valence-corrected chi connectivity index (χ1v) is 14.4. The average Bonchev–Trinajstić information content (AvgIpc) is 2.87.